The topological polar surface area (TPSA) is 50.8 Å². The Labute approximate surface area is 160 Å². The van der Waals surface area contributed by atoms with E-state index in [1.165, 1.54) is 6.42 Å². The monoisotopic (exact) mass is 386 g/mol. The van der Waals surface area contributed by atoms with Crippen molar-refractivity contribution in [1.29, 1.82) is 0 Å². The predicted molar refractivity (Wildman–Crippen MR) is 103 cm³/mol. The van der Waals surface area contributed by atoms with Crippen LogP contribution >= 0.6 is 24.2 Å². The van der Waals surface area contributed by atoms with Crippen molar-refractivity contribution in [3.63, 3.8) is 0 Å². The first-order valence-electron chi connectivity index (χ1n) is 8.71. The van der Waals surface area contributed by atoms with E-state index in [1.807, 2.05) is 30.1 Å². The number of carbonyl (C=O) groups is 1. The van der Waals surface area contributed by atoms with Gasteiger partial charge >= 0.3 is 0 Å². The highest BCUT2D eigenvalue weighted by molar-refractivity contribution is 7.99. The lowest BCUT2D eigenvalue weighted by molar-refractivity contribution is -0.132. The summed E-state index contributed by atoms with van der Waals surface area (Å²) in [5.41, 5.74) is 0. The minimum absolute atomic E-state index is 0. The van der Waals surface area contributed by atoms with Crippen LogP contribution in [0.25, 0.3) is 0 Å². The van der Waals surface area contributed by atoms with Crippen LogP contribution in [0.15, 0.2) is 23.1 Å². The second-order valence-electron chi connectivity index (χ2n) is 6.31. The molecule has 2 heterocycles. The number of hydrogen-bond donors (Lipinski definition) is 1. The van der Waals surface area contributed by atoms with Crippen LogP contribution in [0.4, 0.5) is 0 Å². The van der Waals surface area contributed by atoms with Crippen molar-refractivity contribution in [3.05, 3.63) is 18.2 Å². The SMILES string of the molecule is CNCC1CCCN(C(=O)CCSc2ccc3c(c2)OCCO3)C1.Cl. The third kappa shape index (κ3) is 5.69. The van der Waals surface area contributed by atoms with Crippen molar-refractivity contribution < 1.29 is 14.3 Å². The summed E-state index contributed by atoms with van der Waals surface area (Å²) in [7, 11) is 1.98. The molecule has 0 aliphatic carbocycles. The molecule has 1 saturated heterocycles. The maximum atomic E-state index is 12.4. The molecule has 140 valence electrons. The first-order valence-corrected chi connectivity index (χ1v) is 9.69. The molecule has 1 amide bonds. The van der Waals surface area contributed by atoms with Crippen LogP contribution in [-0.4, -0.2) is 56.5 Å². The number of hydrogen-bond acceptors (Lipinski definition) is 5. The van der Waals surface area contributed by atoms with Gasteiger partial charge in [-0.05, 0) is 50.6 Å². The van der Waals surface area contributed by atoms with Crippen LogP contribution in [0.3, 0.4) is 0 Å². The summed E-state index contributed by atoms with van der Waals surface area (Å²) in [6.07, 6.45) is 2.93. The summed E-state index contributed by atoms with van der Waals surface area (Å²) in [6.45, 7) is 4.01. The fraction of sp³-hybridized carbons (Fsp3) is 0.611. The molecule has 1 fully saturated rings. The van der Waals surface area contributed by atoms with E-state index >= 15 is 0 Å². The maximum Gasteiger partial charge on any atom is 0.223 e. The van der Waals surface area contributed by atoms with Gasteiger partial charge in [0.25, 0.3) is 0 Å². The van der Waals surface area contributed by atoms with Gasteiger partial charge in [-0.3, -0.25) is 4.79 Å². The number of piperidine rings is 1. The number of halogens is 1. The minimum Gasteiger partial charge on any atom is -0.486 e. The molecule has 0 bridgehead atoms. The van der Waals surface area contributed by atoms with Crippen LogP contribution in [0.1, 0.15) is 19.3 Å². The Morgan fingerprint density at radius 3 is 2.92 bits per heavy atom. The molecule has 7 heteroatoms. The second-order valence-corrected chi connectivity index (χ2v) is 7.48. The molecular formula is C18H27ClN2O3S. The van der Waals surface area contributed by atoms with Gasteiger partial charge in [0.2, 0.25) is 5.91 Å². The highest BCUT2D eigenvalue weighted by Crippen LogP contribution is 2.34. The summed E-state index contributed by atoms with van der Waals surface area (Å²) >= 11 is 1.70. The second kappa shape index (κ2) is 10.1. The van der Waals surface area contributed by atoms with Crippen LogP contribution in [-0.2, 0) is 4.79 Å². The molecule has 0 spiro atoms. The van der Waals surface area contributed by atoms with E-state index in [1.54, 1.807) is 11.8 Å². The summed E-state index contributed by atoms with van der Waals surface area (Å²) in [5, 5.41) is 3.22. The lowest BCUT2D eigenvalue weighted by atomic mass is 9.98. The minimum atomic E-state index is 0. The van der Waals surface area contributed by atoms with Gasteiger partial charge < -0.3 is 19.7 Å². The Morgan fingerprint density at radius 2 is 2.12 bits per heavy atom. The van der Waals surface area contributed by atoms with E-state index in [4.69, 9.17) is 9.47 Å². The number of carbonyl (C=O) groups excluding carboxylic acids is 1. The lowest BCUT2D eigenvalue weighted by Crippen LogP contribution is -2.42. The van der Waals surface area contributed by atoms with Gasteiger partial charge in [-0.1, -0.05) is 0 Å². The van der Waals surface area contributed by atoms with Gasteiger partial charge in [0, 0.05) is 30.2 Å². The van der Waals surface area contributed by atoms with Crippen LogP contribution in [0.2, 0.25) is 0 Å². The van der Waals surface area contributed by atoms with Gasteiger partial charge in [0.1, 0.15) is 13.2 Å². The van der Waals surface area contributed by atoms with Gasteiger partial charge in [-0.2, -0.15) is 0 Å². The molecule has 0 saturated carbocycles. The predicted octanol–water partition coefficient (Wildman–Crippen LogP) is 2.82. The molecule has 5 nitrogen and oxygen atoms in total. The van der Waals surface area contributed by atoms with Crippen molar-refractivity contribution in [3.8, 4) is 11.5 Å². The number of amides is 1. The fourth-order valence-corrected chi connectivity index (χ4v) is 4.14. The fourth-order valence-electron chi connectivity index (χ4n) is 3.27. The summed E-state index contributed by atoms with van der Waals surface area (Å²) in [4.78, 5) is 15.6. The van der Waals surface area contributed by atoms with E-state index in [2.05, 4.69) is 5.32 Å². The molecule has 0 aromatic heterocycles. The normalized spacial score (nSPS) is 19.2. The number of benzene rings is 1. The van der Waals surface area contributed by atoms with Crippen molar-refractivity contribution in [2.45, 2.75) is 24.2 Å². The number of rotatable bonds is 6. The Balaban J connectivity index is 0.00000225. The Bertz CT molecular complexity index is 571. The van der Waals surface area contributed by atoms with E-state index in [0.717, 1.165) is 48.2 Å². The Hall–Kier alpha value is -1.11. The molecule has 1 atom stereocenters. The average molecular weight is 387 g/mol. The van der Waals surface area contributed by atoms with Crippen LogP contribution in [0, 0.1) is 5.92 Å². The molecule has 3 rings (SSSR count). The molecular weight excluding hydrogens is 360 g/mol. The molecule has 2 aliphatic heterocycles. The number of ether oxygens (including phenoxy) is 2. The zero-order valence-electron chi connectivity index (χ0n) is 14.7. The molecule has 1 aromatic rings. The molecule has 1 N–H and O–H groups in total. The standard InChI is InChI=1S/C18H26N2O3S.ClH/c1-19-12-14-3-2-7-20(13-14)18(21)6-10-24-15-4-5-16-17(11-15)23-9-8-22-16;/h4-5,11,14,19H,2-3,6-10,12-13H2,1H3;1H. The summed E-state index contributed by atoms with van der Waals surface area (Å²) in [5.74, 6) is 3.29. The number of likely N-dealkylation sites (tertiary alicyclic amines) is 1. The van der Waals surface area contributed by atoms with E-state index in [9.17, 15) is 4.79 Å². The third-order valence-electron chi connectivity index (χ3n) is 4.46. The third-order valence-corrected chi connectivity index (χ3v) is 5.46. The van der Waals surface area contributed by atoms with Gasteiger partial charge in [0.15, 0.2) is 11.5 Å². The smallest absolute Gasteiger partial charge is 0.223 e. The average Bonchev–Trinajstić information content (AvgIpc) is 2.62. The summed E-state index contributed by atoms with van der Waals surface area (Å²) in [6, 6.07) is 5.99. The molecule has 1 unspecified atom stereocenters. The molecule has 0 radical (unpaired) electrons. The number of nitrogens with zero attached hydrogens (tertiary/aromatic N) is 1. The summed E-state index contributed by atoms with van der Waals surface area (Å²) < 4.78 is 11.1. The zero-order valence-corrected chi connectivity index (χ0v) is 16.3. The van der Waals surface area contributed by atoms with Crippen molar-refractivity contribution in [2.24, 2.45) is 5.92 Å². The van der Waals surface area contributed by atoms with Crippen LogP contribution in [0.5, 0.6) is 11.5 Å². The van der Waals surface area contributed by atoms with E-state index in [-0.39, 0.29) is 18.3 Å². The maximum absolute atomic E-state index is 12.4. The molecule has 1 aromatic carbocycles. The van der Waals surface area contributed by atoms with Crippen LogP contribution < -0.4 is 14.8 Å². The van der Waals surface area contributed by atoms with Crippen molar-refractivity contribution in [1.82, 2.24) is 10.2 Å². The van der Waals surface area contributed by atoms with Gasteiger partial charge in [-0.15, -0.1) is 24.2 Å². The number of nitrogens with one attached hydrogen (secondary N) is 1. The van der Waals surface area contributed by atoms with Crippen molar-refractivity contribution >= 4 is 30.1 Å². The zero-order chi connectivity index (χ0) is 16.8. The molecule has 2 aliphatic rings. The van der Waals surface area contributed by atoms with E-state index < -0.39 is 0 Å². The quantitative estimate of drug-likeness (QED) is 0.762. The lowest BCUT2D eigenvalue weighted by Gasteiger charge is -2.32. The van der Waals surface area contributed by atoms with Gasteiger partial charge in [0.05, 0.1) is 0 Å². The number of thioether (sulfide) groups is 1. The highest BCUT2D eigenvalue weighted by Gasteiger charge is 2.22. The largest absolute Gasteiger partial charge is 0.486 e. The van der Waals surface area contributed by atoms with Crippen molar-refractivity contribution in [2.75, 3.05) is 45.6 Å². The first-order chi connectivity index (χ1) is 11.8. The van der Waals surface area contributed by atoms with Gasteiger partial charge in [-0.25, -0.2) is 0 Å². The number of fused-ring (bicyclic) bond motifs is 1. The van der Waals surface area contributed by atoms with E-state index in [0.29, 0.717) is 25.6 Å². The highest BCUT2D eigenvalue weighted by atomic mass is 35.5. The molecule has 25 heavy (non-hydrogen) atoms. The first kappa shape index (κ1) is 20.2. The Kier molecular flexibility index (Phi) is 8.19. The Morgan fingerprint density at radius 1 is 1.32 bits per heavy atom.